The molecule has 162 valence electrons. The number of nitrogens with one attached hydrogen (secondary N) is 3. The molecule has 11 nitrogen and oxygen atoms in total. The standard InChI is InChI=1S/C17H13ClF2N6O5/c1-2-30-17(29)16-26-25-13(31-16)6-21-15(28)11-5-12(24-23-11)22-14(27)7-3-9(19)10(20)4-8(7)18/h3-5H,2,6H2,1H3,(H,21,28)(H2,22,23,24,27). The molecule has 2 heterocycles. The Morgan fingerprint density at radius 2 is 1.90 bits per heavy atom. The van der Waals surface area contributed by atoms with Crippen LogP contribution in [-0.2, 0) is 11.3 Å². The fraction of sp³-hybridized carbons (Fsp3) is 0.176. The first-order chi connectivity index (χ1) is 14.8. The van der Waals surface area contributed by atoms with Gasteiger partial charge >= 0.3 is 11.9 Å². The average molecular weight is 455 g/mol. The highest BCUT2D eigenvalue weighted by Gasteiger charge is 2.19. The Kier molecular flexibility index (Phi) is 6.55. The fourth-order valence-corrected chi connectivity index (χ4v) is 2.47. The minimum absolute atomic E-state index is 0.0441. The Bertz CT molecular complexity index is 1150. The van der Waals surface area contributed by atoms with Gasteiger partial charge in [-0.15, -0.1) is 10.2 Å². The zero-order valence-corrected chi connectivity index (χ0v) is 16.4. The summed E-state index contributed by atoms with van der Waals surface area (Å²) in [4.78, 5) is 35.8. The largest absolute Gasteiger partial charge is 0.459 e. The van der Waals surface area contributed by atoms with E-state index in [2.05, 4.69) is 31.0 Å². The number of anilines is 1. The van der Waals surface area contributed by atoms with Crippen LogP contribution in [0.5, 0.6) is 0 Å². The van der Waals surface area contributed by atoms with Gasteiger partial charge in [-0.25, -0.2) is 13.6 Å². The minimum Gasteiger partial charge on any atom is -0.459 e. The van der Waals surface area contributed by atoms with E-state index in [0.29, 0.717) is 12.1 Å². The van der Waals surface area contributed by atoms with E-state index in [1.165, 1.54) is 6.07 Å². The molecule has 31 heavy (non-hydrogen) atoms. The SMILES string of the molecule is CCOC(=O)c1nnc(CNC(=O)c2cc(NC(=O)c3cc(F)c(F)cc3Cl)n[nH]2)o1. The Hall–Kier alpha value is -3.87. The molecule has 0 atom stereocenters. The Morgan fingerprint density at radius 1 is 1.16 bits per heavy atom. The van der Waals surface area contributed by atoms with E-state index in [9.17, 15) is 23.2 Å². The predicted octanol–water partition coefficient (Wildman–Crippen LogP) is 2.08. The molecule has 0 unspecified atom stereocenters. The summed E-state index contributed by atoms with van der Waals surface area (Å²) in [6.45, 7) is 1.55. The van der Waals surface area contributed by atoms with Gasteiger partial charge in [0, 0.05) is 6.07 Å². The van der Waals surface area contributed by atoms with E-state index in [4.69, 9.17) is 20.8 Å². The van der Waals surface area contributed by atoms with Gasteiger partial charge in [0.15, 0.2) is 17.5 Å². The van der Waals surface area contributed by atoms with Crippen LogP contribution in [0.3, 0.4) is 0 Å². The van der Waals surface area contributed by atoms with Gasteiger partial charge in [0.25, 0.3) is 11.8 Å². The lowest BCUT2D eigenvalue weighted by Gasteiger charge is -2.05. The van der Waals surface area contributed by atoms with Gasteiger partial charge in [0.2, 0.25) is 5.89 Å². The van der Waals surface area contributed by atoms with Crippen LogP contribution in [0.15, 0.2) is 22.6 Å². The molecule has 0 saturated heterocycles. The van der Waals surface area contributed by atoms with Gasteiger partial charge in [0.1, 0.15) is 5.69 Å². The average Bonchev–Trinajstić information content (AvgIpc) is 3.39. The summed E-state index contributed by atoms with van der Waals surface area (Å²) in [5.74, 6) is -5.21. The number of benzene rings is 1. The maximum absolute atomic E-state index is 13.3. The van der Waals surface area contributed by atoms with Gasteiger partial charge in [-0.1, -0.05) is 11.6 Å². The molecule has 0 aliphatic heterocycles. The number of carbonyl (C=O) groups excluding carboxylic acids is 3. The van der Waals surface area contributed by atoms with Crippen LogP contribution in [0.2, 0.25) is 5.02 Å². The summed E-state index contributed by atoms with van der Waals surface area (Å²) in [5, 5.41) is 17.7. The summed E-state index contributed by atoms with van der Waals surface area (Å²) in [6.07, 6.45) is 0. The van der Waals surface area contributed by atoms with Crippen molar-refractivity contribution in [3.05, 3.63) is 57.9 Å². The lowest BCUT2D eigenvalue weighted by atomic mass is 10.2. The Balaban J connectivity index is 1.59. The highest BCUT2D eigenvalue weighted by molar-refractivity contribution is 6.34. The smallest absolute Gasteiger partial charge is 0.396 e. The number of aromatic nitrogens is 4. The van der Waals surface area contributed by atoms with Crippen molar-refractivity contribution < 1.29 is 32.3 Å². The van der Waals surface area contributed by atoms with Crippen LogP contribution in [-0.4, -0.2) is 44.8 Å². The molecule has 0 fully saturated rings. The molecule has 0 saturated carbocycles. The number of rotatable bonds is 7. The topological polar surface area (TPSA) is 152 Å². The van der Waals surface area contributed by atoms with Gasteiger partial charge < -0.3 is 19.8 Å². The number of amides is 2. The summed E-state index contributed by atoms with van der Waals surface area (Å²) >= 11 is 5.75. The number of hydrogen-bond donors (Lipinski definition) is 3. The highest BCUT2D eigenvalue weighted by atomic mass is 35.5. The van der Waals surface area contributed by atoms with Gasteiger partial charge in [0.05, 0.1) is 23.7 Å². The van der Waals surface area contributed by atoms with Crippen molar-refractivity contribution >= 4 is 35.2 Å². The number of carbonyl (C=O) groups is 3. The number of aromatic amines is 1. The molecule has 0 aliphatic rings. The summed E-state index contributed by atoms with van der Waals surface area (Å²) in [7, 11) is 0. The maximum Gasteiger partial charge on any atom is 0.396 e. The lowest BCUT2D eigenvalue weighted by Crippen LogP contribution is -2.23. The Morgan fingerprint density at radius 3 is 2.65 bits per heavy atom. The minimum atomic E-state index is -1.25. The van der Waals surface area contributed by atoms with Crippen LogP contribution in [0.4, 0.5) is 14.6 Å². The number of nitrogens with zero attached hydrogens (tertiary/aromatic N) is 3. The maximum atomic E-state index is 13.3. The van der Waals surface area contributed by atoms with E-state index in [1.54, 1.807) is 6.92 Å². The zero-order chi connectivity index (χ0) is 22.5. The van der Waals surface area contributed by atoms with Crippen molar-refractivity contribution in [1.29, 1.82) is 0 Å². The summed E-state index contributed by atoms with van der Waals surface area (Å²) in [5.41, 5.74) is -0.361. The number of ether oxygens (including phenoxy) is 1. The zero-order valence-electron chi connectivity index (χ0n) is 15.7. The quantitative estimate of drug-likeness (QED) is 0.362. The number of H-pyrrole nitrogens is 1. The molecule has 3 rings (SSSR count). The molecule has 0 radical (unpaired) electrons. The number of halogens is 3. The molecule has 0 spiro atoms. The molecule has 2 amide bonds. The monoisotopic (exact) mass is 454 g/mol. The summed E-state index contributed by atoms with van der Waals surface area (Å²) in [6, 6.07) is 2.50. The molecular formula is C17H13ClF2N6O5. The molecule has 3 aromatic rings. The second-order valence-corrected chi connectivity index (χ2v) is 6.18. The van der Waals surface area contributed by atoms with Crippen molar-refractivity contribution in [3.63, 3.8) is 0 Å². The van der Waals surface area contributed by atoms with E-state index < -0.39 is 29.4 Å². The molecule has 3 N–H and O–H groups in total. The van der Waals surface area contributed by atoms with Crippen molar-refractivity contribution in [2.45, 2.75) is 13.5 Å². The van der Waals surface area contributed by atoms with Crippen LogP contribution < -0.4 is 10.6 Å². The van der Waals surface area contributed by atoms with Crippen LogP contribution in [0, 0.1) is 11.6 Å². The van der Waals surface area contributed by atoms with Crippen molar-refractivity contribution in [2.24, 2.45) is 0 Å². The predicted molar refractivity (Wildman–Crippen MR) is 99.3 cm³/mol. The molecule has 2 aromatic heterocycles. The second kappa shape index (κ2) is 9.30. The van der Waals surface area contributed by atoms with Crippen LogP contribution in [0.25, 0.3) is 0 Å². The third-order valence-electron chi connectivity index (χ3n) is 3.64. The van der Waals surface area contributed by atoms with E-state index in [0.717, 1.165) is 0 Å². The van der Waals surface area contributed by atoms with Crippen LogP contribution >= 0.6 is 11.6 Å². The number of hydrogen-bond acceptors (Lipinski definition) is 8. The van der Waals surface area contributed by atoms with E-state index >= 15 is 0 Å². The van der Waals surface area contributed by atoms with Crippen molar-refractivity contribution in [1.82, 2.24) is 25.7 Å². The first kappa shape index (κ1) is 21.8. The van der Waals surface area contributed by atoms with Gasteiger partial charge in [-0.05, 0) is 19.1 Å². The third-order valence-corrected chi connectivity index (χ3v) is 3.95. The Labute approximate surface area is 177 Å². The van der Waals surface area contributed by atoms with Gasteiger partial charge in [-0.2, -0.15) is 5.10 Å². The molecule has 0 aliphatic carbocycles. The van der Waals surface area contributed by atoms with Gasteiger partial charge in [-0.3, -0.25) is 14.7 Å². The van der Waals surface area contributed by atoms with E-state index in [1.807, 2.05) is 0 Å². The summed E-state index contributed by atoms with van der Waals surface area (Å²) < 4.78 is 36.2. The first-order valence-corrected chi connectivity index (χ1v) is 8.95. The van der Waals surface area contributed by atoms with Crippen molar-refractivity contribution in [2.75, 3.05) is 11.9 Å². The molecule has 14 heteroatoms. The lowest BCUT2D eigenvalue weighted by molar-refractivity contribution is 0.0478. The van der Waals surface area contributed by atoms with E-state index in [-0.39, 0.29) is 47.0 Å². The third kappa shape index (κ3) is 5.19. The fourth-order valence-electron chi connectivity index (χ4n) is 2.23. The van der Waals surface area contributed by atoms with Crippen LogP contribution in [0.1, 0.15) is 44.3 Å². The molecular weight excluding hydrogens is 442 g/mol. The normalized spacial score (nSPS) is 10.6. The highest BCUT2D eigenvalue weighted by Crippen LogP contribution is 2.21. The molecule has 1 aromatic carbocycles. The first-order valence-electron chi connectivity index (χ1n) is 8.57. The molecule has 0 bridgehead atoms. The number of esters is 1. The van der Waals surface area contributed by atoms with Crippen molar-refractivity contribution in [3.8, 4) is 0 Å². The second-order valence-electron chi connectivity index (χ2n) is 5.77.